The molecule has 0 aromatic carbocycles. The molecule has 0 bridgehead atoms. The zero-order valence-corrected chi connectivity index (χ0v) is 10.5. The van der Waals surface area contributed by atoms with Gasteiger partial charge in [0.25, 0.3) is 5.91 Å². The predicted octanol–water partition coefficient (Wildman–Crippen LogP) is 0.487. The SMILES string of the molecule is CCCc1nc(C(=O)NCCCNCC)n[nH]1. The molecule has 0 atom stereocenters. The molecule has 0 fully saturated rings. The summed E-state index contributed by atoms with van der Waals surface area (Å²) in [6, 6.07) is 0. The van der Waals surface area contributed by atoms with Crippen molar-refractivity contribution in [3.05, 3.63) is 11.6 Å². The Balaban J connectivity index is 2.26. The summed E-state index contributed by atoms with van der Waals surface area (Å²) in [7, 11) is 0. The van der Waals surface area contributed by atoms with Gasteiger partial charge in [0.15, 0.2) is 0 Å². The highest BCUT2D eigenvalue weighted by atomic mass is 16.2. The smallest absolute Gasteiger partial charge is 0.290 e. The van der Waals surface area contributed by atoms with Crippen molar-refractivity contribution in [3.63, 3.8) is 0 Å². The fraction of sp³-hybridized carbons (Fsp3) is 0.727. The maximum absolute atomic E-state index is 11.6. The lowest BCUT2D eigenvalue weighted by molar-refractivity contribution is 0.0943. The second-order valence-electron chi connectivity index (χ2n) is 3.82. The fourth-order valence-corrected chi connectivity index (χ4v) is 1.42. The zero-order chi connectivity index (χ0) is 12.5. The van der Waals surface area contributed by atoms with Crippen LogP contribution in [0.5, 0.6) is 0 Å². The minimum absolute atomic E-state index is 0.208. The van der Waals surface area contributed by atoms with Crippen LogP contribution in [0.2, 0.25) is 0 Å². The number of carbonyl (C=O) groups is 1. The first-order valence-corrected chi connectivity index (χ1v) is 6.18. The van der Waals surface area contributed by atoms with Crippen LogP contribution < -0.4 is 10.6 Å². The highest BCUT2D eigenvalue weighted by Gasteiger charge is 2.10. The molecule has 96 valence electrons. The van der Waals surface area contributed by atoms with Crippen LogP contribution >= 0.6 is 0 Å². The molecule has 0 radical (unpaired) electrons. The largest absolute Gasteiger partial charge is 0.349 e. The number of nitrogens with one attached hydrogen (secondary N) is 3. The number of hydrogen-bond donors (Lipinski definition) is 3. The second kappa shape index (κ2) is 7.78. The molecule has 1 amide bonds. The average molecular weight is 239 g/mol. The summed E-state index contributed by atoms with van der Waals surface area (Å²) in [5, 5.41) is 12.6. The number of hydrogen-bond acceptors (Lipinski definition) is 4. The molecular formula is C11H21N5O. The third kappa shape index (κ3) is 4.95. The van der Waals surface area contributed by atoms with Gasteiger partial charge in [-0.05, 0) is 25.9 Å². The third-order valence-corrected chi connectivity index (χ3v) is 2.29. The standard InChI is InChI=1S/C11H21N5O/c1-3-6-9-14-10(16-15-9)11(17)13-8-5-7-12-4-2/h12H,3-8H2,1-2H3,(H,13,17)(H,14,15,16). The molecule has 0 saturated carbocycles. The summed E-state index contributed by atoms with van der Waals surface area (Å²) in [6.07, 6.45) is 2.71. The quantitative estimate of drug-likeness (QED) is 0.576. The van der Waals surface area contributed by atoms with Gasteiger partial charge in [-0.1, -0.05) is 13.8 Å². The highest BCUT2D eigenvalue weighted by Crippen LogP contribution is 1.96. The summed E-state index contributed by atoms with van der Waals surface area (Å²) in [4.78, 5) is 15.7. The van der Waals surface area contributed by atoms with Gasteiger partial charge in [0.1, 0.15) is 5.82 Å². The van der Waals surface area contributed by atoms with Crippen molar-refractivity contribution in [2.24, 2.45) is 0 Å². The lowest BCUT2D eigenvalue weighted by atomic mass is 10.3. The van der Waals surface area contributed by atoms with Crippen molar-refractivity contribution < 1.29 is 4.79 Å². The van der Waals surface area contributed by atoms with Gasteiger partial charge in [-0.15, -0.1) is 5.10 Å². The van der Waals surface area contributed by atoms with Crippen molar-refractivity contribution in [2.75, 3.05) is 19.6 Å². The minimum atomic E-state index is -0.208. The summed E-state index contributed by atoms with van der Waals surface area (Å²) >= 11 is 0. The minimum Gasteiger partial charge on any atom is -0.349 e. The number of carbonyl (C=O) groups excluding carboxylic acids is 1. The first kappa shape index (κ1) is 13.6. The van der Waals surface area contributed by atoms with Crippen LogP contribution in [-0.4, -0.2) is 40.7 Å². The van der Waals surface area contributed by atoms with Crippen LogP contribution in [0.4, 0.5) is 0 Å². The molecule has 6 nitrogen and oxygen atoms in total. The Morgan fingerprint density at radius 3 is 2.88 bits per heavy atom. The van der Waals surface area contributed by atoms with Gasteiger partial charge in [-0.25, -0.2) is 4.98 Å². The van der Waals surface area contributed by atoms with Gasteiger partial charge in [-0.2, -0.15) is 0 Å². The molecule has 0 spiro atoms. The van der Waals surface area contributed by atoms with Gasteiger partial charge < -0.3 is 10.6 Å². The summed E-state index contributed by atoms with van der Waals surface area (Å²) in [6.45, 7) is 6.62. The van der Waals surface area contributed by atoms with Gasteiger partial charge in [-0.3, -0.25) is 9.89 Å². The van der Waals surface area contributed by atoms with E-state index in [9.17, 15) is 4.79 Å². The van der Waals surface area contributed by atoms with Crippen molar-refractivity contribution >= 4 is 5.91 Å². The number of H-pyrrole nitrogens is 1. The Kier molecular flexibility index (Phi) is 6.24. The summed E-state index contributed by atoms with van der Waals surface area (Å²) < 4.78 is 0. The third-order valence-electron chi connectivity index (χ3n) is 2.29. The number of rotatable bonds is 8. The highest BCUT2D eigenvalue weighted by molar-refractivity contribution is 5.90. The maximum atomic E-state index is 11.6. The molecule has 0 aliphatic carbocycles. The van der Waals surface area contributed by atoms with E-state index in [1.807, 2.05) is 0 Å². The number of amides is 1. The molecule has 0 saturated heterocycles. The molecule has 0 aliphatic rings. The fourth-order valence-electron chi connectivity index (χ4n) is 1.42. The normalized spacial score (nSPS) is 10.5. The number of aryl methyl sites for hydroxylation is 1. The molecule has 6 heteroatoms. The van der Waals surface area contributed by atoms with Crippen molar-refractivity contribution in [1.29, 1.82) is 0 Å². The Bertz CT molecular complexity index is 336. The van der Waals surface area contributed by atoms with E-state index in [2.05, 4.69) is 39.7 Å². The molecular weight excluding hydrogens is 218 g/mol. The van der Waals surface area contributed by atoms with E-state index in [4.69, 9.17) is 0 Å². The zero-order valence-electron chi connectivity index (χ0n) is 10.5. The number of nitrogens with zero attached hydrogens (tertiary/aromatic N) is 2. The van der Waals surface area contributed by atoms with Gasteiger partial charge >= 0.3 is 0 Å². The van der Waals surface area contributed by atoms with Crippen molar-refractivity contribution in [3.8, 4) is 0 Å². The van der Waals surface area contributed by atoms with E-state index in [1.54, 1.807) is 0 Å². The average Bonchev–Trinajstić information content (AvgIpc) is 2.78. The maximum Gasteiger partial charge on any atom is 0.290 e. The molecule has 0 aliphatic heterocycles. The first-order valence-electron chi connectivity index (χ1n) is 6.18. The van der Waals surface area contributed by atoms with Gasteiger partial charge in [0, 0.05) is 13.0 Å². The second-order valence-corrected chi connectivity index (χ2v) is 3.82. The van der Waals surface area contributed by atoms with Crippen LogP contribution in [0.1, 0.15) is 43.1 Å². The van der Waals surface area contributed by atoms with E-state index >= 15 is 0 Å². The molecule has 1 aromatic rings. The Morgan fingerprint density at radius 2 is 2.18 bits per heavy atom. The Morgan fingerprint density at radius 1 is 1.35 bits per heavy atom. The summed E-state index contributed by atoms with van der Waals surface area (Å²) in [5.41, 5.74) is 0. The Labute approximate surface area is 102 Å². The Hall–Kier alpha value is -1.43. The van der Waals surface area contributed by atoms with E-state index in [0.717, 1.165) is 38.2 Å². The number of aromatic amines is 1. The van der Waals surface area contributed by atoms with Crippen molar-refractivity contribution in [2.45, 2.75) is 33.1 Å². The van der Waals surface area contributed by atoms with Gasteiger partial charge in [0.2, 0.25) is 5.82 Å². The molecule has 17 heavy (non-hydrogen) atoms. The topological polar surface area (TPSA) is 82.7 Å². The molecule has 1 aromatic heterocycles. The van der Waals surface area contributed by atoms with E-state index in [-0.39, 0.29) is 11.7 Å². The van der Waals surface area contributed by atoms with Gasteiger partial charge in [0.05, 0.1) is 0 Å². The monoisotopic (exact) mass is 239 g/mol. The molecule has 3 N–H and O–H groups in total. The first-order chi connectivity index (χ1) is 8.27. The molecule has 1 rings (SSSR count). The van der Waals surface area contributed by atoms with E-state index in [0.29, 0.717) is 6.54 Å². The molecule has 1 heterocycles. The van der Waals surface area contributed by atoms with Crippen LogP contribution in [0, 0.1) is 0 Å². The van der Waals surface area contributed by atoms with Crippen LogP contribution in [0.25, 0.3) is 0 Å². The van der Waals surface area contributed by atoms with Crippen LogP contribution in [0.15, 0.2) is 0 Å². The lowest BCUT2D eigenvalue weighted by Gasteiger charge is -2.02. The number of aromatic nitrogens is 3. The van der Waals surface area contributed by atoms with E-state index < -0.39 is 0 Å². The summed E-state index contributed by atoms with van der Waals surface area (Å²) in [5.74, 6) is 0.794. The van der Waals surface area contributed by atoms with E-state index in [1.165, 1.54) is 0 Å². The predicted molar refractivity (Wildman–Crippen MR) is 65.9 cm³/mol. The lowest BCUT2D eigenvalue weighted by Crippen LogP contribution is -2.28. The van der Waals surface area contributed by atoms with Crippen LogP contribution in [-0.2, 0) is 6.42 Å². The van der Waals surface area contributed by atoms with Crippen molar-refractivity contribution in [1.82, 2.24) is 25.8 Å². The van der Waals surface area contributed by atoms with Crippen LogP contribution in [0.3, 0.4) is 0 Å². The molecule has 0 unspecified atom stereocenters.